The maximum atomic E-state index is 11.8. The Balaban J connectivity index is 0.000000639. The third-order valence-electron chi connectivity index (χ3n) is 4.21. The van der Waals surface area contributed by atoms with Gasteiger partial charge in [-0.1, -0.05) is 60.7 Å². The van der Waals surface area contributed by atoms with E-state index in [2.05, 4.69) is 16.3 Å². The van der Waals surface area contributed by atoms with E-state index in [9.17, 15) is 14.4 Å². The molecule has 2 rings (SSSR count). The van der Waals surface area contributed by atoms with Crippen LogP contribution in [-0.2, 0) is 14.3 Å². The Bertz CT molecular complexity index is 842. The predicted molar refractivity (Wildman–Crippen MR) is 127 cm³/mol. The third-order valence-corrected chi connectivity index (χ3v) is 4.21. The van der Waals surface area contributed by atoms with E-state index >= 15 is 0 Å². The lowest BCUT2D eigenvalue weighted by molar-refractivity contribution is -0.123. The molecule has 0 spiro atoms. The first-order valence-electron chi connectivity index (χ1n) is 9.94. The fraction of sp³-hybridized carbons (Fsp3) is 0.348. The lowest BCUT2D eigenvalue weighted by Gasteiger charge is -2.20. The van der Waals surface area contributed by atoms with Crippen LogP contribution in [-0.4, -0.2) is 23.5 Å². The monoisotopic (exact) mass is 464 g/mol. The zero-order chi connectivity index (χ0) is 23.4. The predicted octanol–water partition coefficient (Wildman–Crippen LogP) is 3.55. The van der Waals surface area contributed by atoms with E-state index in [1.807, 2.05) is 67.6 Å². The lowest BCUT2D eigenvalue weighted by atomic mass is 10.0. The molecule has 0 aliphatic rings. The smallest absolute Gasteiger partial charge is 0.426 e. The second kappa shape index (κ2) is 14.1. The van der Waals surface area contributed by atoms with Crippen molar-refractivity contribution in [3.63, 3.8) is 0 Å². The van der Waals surface area contributed by atoms with Crippen molar-refractivity contribution in [2.75, 3.05) is 0 Å². The Morgan fingerprint density at radius 2 is 1.19 bits per heavy atom. The summed E-state index contributed by atoms with van der Waals surface area (Å²) >= 11 is 0. The van der Waals surface area contributed by atoms with E-state index in [0.717, 1.165) is 11.1 Å². The third kappa shape index (κ3) is 10.8. The van der Waals surface area contributed by atoms with Crippen molar-refractivity contribution in [2.45, 2.75) is 52.1 Å². The van der Waals surface area contributed by atoms with Crippen molar-refractivity contribution in [1.82, 2.24) is 16.3 Å². The molecule has 2 aromatic carbocycles. The topological polar surface area (TPSA) is 123 Å². The molecule has 9 heteroatoms. The molecule has 32 heavy (non-hydrogen) atoms. The fourth-order valence-corrected chi connectivity index (χ4v) is 2.44. The number of carbonyl (C=O) groups excluding carboxylic acids is 3. The lowest BCUT2D eigenvalue weighted by Crippen LogP contribution is -2.45. The van der Waals surface area contributed by atoms with E-state index in [1.54, 1.807) is 27.7 Å². The van der Waals surface area contributed by atoms with Crippen LogP contribution < -0.4 is 22.1 Å². The second-order valence-electron chi connectivity index (χ2n) is 7.89. The molecule has 5 N–H and O–H groups in total. The Morgan fingerprint density at radius 1 is 0.781 bits per heavy atom. The molecule has 0 aromatic heterocycles. The van der Waals surface area contributed by atoms with Crippen LogP contribution in [0.3, 0.4) is 0 Å². The molecule has 8 nitrogen and oxygen atoms in total. The number of rotatable bonds is 4. The molecule has 0 unspecified atom stereocenters. The van der Waals surface area contributed by atoms with Crippen molar-refractivity contribution in [2.24, 2.45) is 5.84 Å². The van der Waals surface area contributed by atoms with Crippen molar-refractivity contribution in [1.29, 1.82) is 0 Å². The highest BCUT2D eigenvalue weighted by Crippen LogP contribution is 2.14. The summed E-state index contributed by atoms with van der Waals surface area (Å²) in [6.45, 7) is 8.84. The van der Waals surface area contributed by atoms with Crippen molar-refractivity contribution in [3.8, 4) is 0 Å². The van der Waals surface area contributed by atoms with Gasteiger partial charge >= 0.3 is 6.09 Å². The quantitative estimate of drug-likeness (QED) is 0.313. The van der Waals surface area contributed by atoms with Crippen LogP contribution >= 0.6 is 12.4 Å². The molecule has 0 heterocycles. The molecule has 176 valence electrons. The second-order valence-corrected chi connectivity index (χ2v) is 7.89. The Hall–Kier alpha value is -3.10. The van der Waals surface area contributed by atoms with E-state index < -0.39 is 11.7 Å². The van der Waals surface area contributed by atoms with Gasteiger partial charge in [0.1, 0.15) is 5.60 Å². The zero-order valence-electron chi connectivity index (χ0n) is 19.0. The van der Waals surface area contributed by atoms with Crippen molar-refractivity contribution in [3.05, 3.63) is 71.8 Å². The highest BCUT2D eigenvalue weighted by molar-refractivity contribution is 5.85. The molecule has 0 fully saturated rings. The summed E-state index contributed by atoms with van der Waals surface area (Å²) in [5, 5.41) is 0. The number of amides is 3. The molecule has 0 saturated heterocycles. The first-order valence-corrected chi connectivity index (χ1v) is 9.94. The molecule has 0 bridgehead atoms. The first kappa shape index (κ1) is 28.9. The number of halogens is 1. The van der Waals surface area contributed by atoms with Gasteiger partial charge < -0.3 is 4.74 Å². The van der Waals surface area contributed by atoms with Gasteiger partial charge in [0, 0.05) is 0 Å². The summed E-state index contributed by atoms with van der Waals surface area (Å²) in [5.41, 5.74) is 7.95. The van der Waals surface area contributed by atoms with Crippen LogP contribution in [0.1, 0.15) is 57.6 Å². The van der Waals surface area contributed by atoms with Crippen LogP contribution in [0.5, 0.6) is 0 Å². The molecular weight excluding hydrogens is 432 g/mol. The van der Waals surface area contributed by atoms with E-state index in [0.29, 0.717) is 0 Å². The standard InChI is InChI=1S/C14H20N2O3.C9H12N2O.ClH/c1-10(11-8-6-5-7-9-11)12(17)15-16-13(18)19-14(2,3)4;1-7(9(12)11-10)8-5-3-2-4-6-8;/h5-10H,1-4H3,(H,15,17)(H,16,18);2-7H,10H2,1H3,(H,11,12);1H/t10-;7-;/m00./s1. The molecule has 0 aliphatic heterocycles. The van der Waals surface area contributed by atoms with Gasteiger partial charge in [0.25, 0.3) is 0 Å². The zero-order valence-corrected chi connectivity index (χ0v) is 19.9. The molecule has 2 atom stereocenters. The summed E-state index contributed by atoms with van der Waals surface area (Å²) in [5.74, 6) is 4.02. The van der Waals surface area contributed by atoms with Crippen LogP contribution in [0.4, 0.5) is 4.79 Å². The van der Waals surface area contributed by atoms with Crippen LogP contribution in [0.15, 0.2) is 60.7 Å². The summed E-state index contributed by atoms with van der Waals surface area (Å²) in [6, 6.07) is 18.8. The number of ether oxygens (including phenoxy) is 1. The number of hydrazine groups is 2. The normalized spacial score (nSPS) is 11.9. The molecular formula is C23H33ClN4O4. The van der Waals surface area contributed by atoms with Crippen LogP contribution in [0.25, 0.3) is 0 Å². The minimum absolute atomic E-state index is 0. The largest absolute Gasteiger partial charge is 0.443 e. The van der Waals surface area contributed by atoms with Gasteiger partial charge in [-0.15, -0.1) is 12.4 Å². The summed E-state index contributed by atoms with van der Waals surface area (Å²) in [4.78, 5) is 34.3. The minimum atomic E-state index is -0.680. The number of nitrogens with two attached hydrogens (primary N) is 1. The summed E-state index contributed by atoms with van der Waals surface area (Å²) < 4.78 is 5.01. The van der Waals surface area contributed by atoms with Crippen LogP contribution in [0.2, 0.25) is 0 Å². The van der Waals surface area contributed by atoms with Gasteiger partial charge in [-0.2, -0.15) is 0 Å². The van der Waals surface area contributed by atoms with Gasteiger partial charge in [0.05, 0.1) is 11.8 Å². The number of hydrogen-bond acceptors (Lipinski definition) is 5. The Morgan fingerprint density at radius 3 is 1.56 bits per heavy atom. The highest BCUT2D eigenvalue weighted by atomic mass is 35.5. The SMILES string of the molecule is C[C@H](C(=O)NN)c1ccccc1.C[C@H](C(=O)NNC(=O)OC(C)(C)C)c1ccccc1.Cl. The number of hydrogen-bond donors (Lipinski definition) is 4. The minimum Gasteiger partial charge on any atom is -0.443 e. The highest BCUT2D eigenvalue weighted by Gasteiger charge is 2.19. The molecule has 0 saturated carbocycles. The van der Waals surface area contributed by atoms with Crippen LogP contribution in [0, 0.1) is 0 Å². The summed E-state index contributed by atoms with van der Waals surface area (Å²) in [7, 11) is 0. The van der Waals surface area contributed by atoms with Gasteiger partial charge in [0.2, 0.25) is 11.8 Å². The Kier molecular flexibility index (Phi) is 12.7. The fourth-order valence-electron chi connectivity index (χ4n) is 2.44. The van der Waals surface area contributed by atoms with Crippen molar-refractivity contribution < 1.29 is 19.1 Å². The van der Waals surface area contributed by atoms with E-state index in [4.69, 9.17) is 10.6 Å². The number of nitrogens with one attached hydrogen (secondary N) is 3. The average molecular weight is 465 g/mol. The van der Waals surface area contributed by atoms with E-state index in [1.165, 1.54) is 0 Å². The maximum absolute atomic E-state index is 11.8. The van der Waals surface area contributed by atoms with Gasteiger partial charge in [-0.25, -0.2) is 16.1 Å². The average Bonchev–Trinajstić information content (AvgIpc) is 2.76. The van der Waals surface area contributed by atoms with E-state index in [-0.39, 0.29) is 36.1 Å². The van der Waals surface area contributed by atoms with Gasteiger partial charge in [-0.05, 0) is 45.7 Å². The molecule has 0 aliphatic carbocycles. The maximum Gasteiger partial charge on any atom is 0.426 e. The van der Waals surface area contributed by atoms with Gasteiger partial charge in [0.15, 0.2) is 0 Å². The Labute approximate surface area is 195 Å². The number of benzene rings is 2. The number of carbonyl (C=O) groups is 3. The van der Waals surface area contributed by atoms with Gasteiger partial charge in [-0.3, -0.25) is 20.4 Å². The molecule has 2 aromatic rings. The first-order chi connectivity index (χ1) is 14.5. The van der Waals surface area contributed by atoms with Crippen molar-refractivity contribution >= 4 is 30.3 Å². The summed E-state index contributed by atoms with van der Waals surface area (Å²) in [6.07, 6.45) is -0.680. The molecule has 3 amide bonds. The molecule has 0 radical (unpaired) electrons.